The van der Waals surface area contributed by atoms with Crippen molar-refractivity contribution >= 4 is 23.1 Å². The lowest BCUT2D eigenvalue weighted by atomic mass is 9.88. The highest BCUT2D eigenvalue weighted by Gasteiger charge is 2.21. The first-order valence-corrected chi connectivity index (χ1v) is 10.6. The molecule has 0 atom stereocenters. The van der Waals surface area contributed by atoms with Gasteiger partial charge in [0, 0.05) is 30.7 Å². The number of hydrogen-bond acceptors (Lipinski definition) is 3. The van der Waals surface area contributed by atoms with Gasteiger partial charge >= 0.3 is 0 Å². The smallest absolute Gasteiger partial charge is 0.243 e. The fourth-order valence-electron chi connectivity index (χ4n) is 3.82. The Morgan fingerprint density at radius 2 is 1.78 bits per heavy atom. The molecule has 3 aromatic carbocycles. The van der Waals surface area contributed by atoms with E-state index in [1.165, 1.54) is 18.2 Å². The van der Waals surface area contributed by atoms with Gasteiger partial charge in [-0.1, -0.05) is 36.4 Å². The Morgan fingerprint density at radius 3 is 2.50 bits per heavy atom. The zero-order valence-corrected chi connectivity index (χ0v) is 17.8. The summed E-state index contributed by atoms with van der Waals surface area (Å²) in [5.41, 5.74) is 5.66. The van der Waals surface area contributed by atoms with Crippen molar-refractivity contribution in [2.45, 2.75) is 13.3 Å². The number of rotatable bonds is 5. The number of fused-ring (bicyclic) bond motifs is 1. The number of aromatic hydroxyl groups is 1. The number of carbonyl (C=O) groups is 1. The third-order valence-electron chi connectivity index (χ3n) is 5.32. The number of likely N-dealkylation sites (N-methyl/N-ethyl adjacent to an activating group) is 1. The molecule has 1 aliphatic rings. The van der Waals surface area contributed by atoms with Crippen molar-refractivity contribution in [2.75, 3.05) is 13.2 Å². The van der Waals surface area contributed by atoms with E-state index in [1.54, 1.807) is 24.3 Å². The molecular formula is C27H24FNO3. The van der Waals surface area contributed by atoms with Gasteiger partial charge in [0.1, 0.15) is 17.3 Å². The summed E-state index contributed by atoms with van der Waals surface area (Å²) in [6.45, 7) is 2.88. The number of phenols is 1. The molecule has 0 spiro atoms. The molecule has 162 valence electrons. The van der Waals surface area contributed by atoms with E-state index < -0.39 is 0 Å². The van der Waals surface area contributed by atoms with Gasteiger partial charge in [-0.3, -0.25) is 4.79 Å². The van der Waals surface area contributed by atoms with Crippen LogP contribution in [-0.2, 0) is 4.79 Å². The summed E-state index contributed by atoms with van der Waals surface area (Å²) < 4.78 is 19.8. The molecule has 1 aliphatic heterocycles. The molecule has 0 saturated carbocycles. The number of ether oxygens (including phenoxy) is 1. The van der Waals surface area contributed by atoms with E-state index in [0.717, 1.165) is 33.4 Å². The van der Waals surface area contributed by atoms with Gasteiger partial charge < -0.3 is 15.2 Å². The van der Waals surface area contributed by atoms with Gasteiger partial charge in [-0.2, -0.15) is 0 Å². The second-order valence-electron chi connectivity index (χ2n) is 7.49. The second kappa shape index (κ2) is 9.52. The quantitative estimate of drug-likeness (QED) is 0.532. The number of carbonyl (C=O) groups excluding carboxylic acids is 1. The van der Waals surface area contributed by atoms with Crippen LogP contribution in [0.3, 0.4) is 0 Å². The minimum atomic E-state index is -0.345. The van der Waals surface area contributed by atoms with Gasteiger partial charge in [0.2, 0.25) is 5.91 Å². The number of halogens is 1. The fraction of sp³-hybridized carbons (Fsp3) is 0.148. The summed E-state index contributed by atoms with van der Waals surface area (Å²) in [6.07, 6.45) is 3.91. The molecule has 0 fully saturated rings. The second-order valence-corrected chi connectivity index (χ2v) is 7.49. The Bertz CT molecular complexity index is 1180. The van der Waals surface area contributed by atoms with Crippen LogP contribution in [0.15, 0.2) is 72.8 Å². The van der Waals surface area contributed by atoms with Crippen molar-refractivity contribution in [3.63, 3.8) is 0 Å². The zero-order chi connectivity index (χ0) is 22.5. The number of nitrogens with one attached hydrogen (secondary N) is 1. The summed E-state index contributed by atoms with van der Waals surface area (Å²) in [4.78, 5) is 11.7. The van der Waals surface area contributed by atoms with Gasteiger partial charge in [-0.15, -0.1) is 0 Å². The van der Waals surface area contributed by atoms with E-state index in [0.29, 0.717) is 25.3 Å². The van der Waals surface area contributed by atoms with Crippen LogP contribution >= 0.6 is 0 Å². The Morgan fingerprint density at radius 1 is 1.06 bits per heavy atom. The van der Waals surface area contributed by atoms with E-state index in [4.69, 9.17) is 4.74 Å². The lowest BCUT2D eigenvalue weighted by Crippen LogP contribution is -2.19. The average molecular weight is 429 g/mol. The average Bonchev–Trinajstić information content (AvgIpc) is 2.98. The molecular weight excluding hydrogens is 405 g/mol. The molecule has 0 saturated heterocycles. The Hall–Kier alpha value is -3.86. The molecule has 0 aromatic heterocycles. The summed E-state index contributed by atoms with van der Waals surface area (Å²) in [7, 11) is 0. The lowest BCUT2D eigenvalue weighted by Gasteiger charge is -2.15. The molecule has 2 N–H and O–H groups in total. The van der Waals surface area contributed by atoms with Crippen molar-refractivity contribution in [3.05, 3.63) is 101 Å². The minimum absolute atomic E-state index is 0.134. The molecule has 0 radical (unpaired) electrons. The van der Waals surface area contributed by atoms with Crippen LogP contribution in [0.4, 0.5) is 4.39 Å². The molecule has 4 nitrogen and oxygen atoms in total. The van der Waals surface area contributed by atoms with Crippen LogP contribution in [0.5, 0.6) is 11.5 Å². The Labute approximate surface area is 186 Å². The normalized spacial score (nSPS) is 13.4. The fourth-order valence-corrected chi connectivity index (χ4v) is 3.82. The van der Waals surface area contributed by atoms with Crippen molar-refractivity contribution in [3.8, 4) is 11.5 Å². The van der Waals surface area contributed by atoms with Gasteiger partial charge in [-0.25, -0.2) is 4.39 Å². The van der Waals surface area contributed by atoms with Crippen molar-refractivity contribution in [1.82, 2.24) is 5.32 Å². The third kappa shape index (κ3) is 4.72. The maximum Gasteiger partial charge on any atom is 0.243 e. The summed E-state index contributed by atoms with van der Waals surface area (Å²) >= 11 is 0. The van der Waals surface area contributed by atoms with E-state index in [9.17, 15) is 14.3 Å². The van der Waals surface area contributed by atoms with Crippen LogP contribution in [0.2, 0.25) is 0 Å². The minimum Gasteiger partial charge on any atom is -0.508 e. The number of benzene rings is 3. The van der Waals surface area contributed by atoms with Crippen LogP contribution < -0.4 is 10.1 Å². The Kier molecular flexibility index (Phi) is 6.36. The Balaban J connectivity index is 1.81. The van der Waals surface area contributed by atoms with Gasteiger partial charge in [0.05, 0.1) is 6.61 Å². The number of amides is 1. The highest BCUT2D eigenvalue weighted by molar-refractivity contribution is 6.00. The molecule has 0 bridgehead atoms. The molecule has 1 amide bonds. The number of hydrogen-bond donors (Lipinski definition) is 2. The highest BCUT2D eigenvalue weighted by Crippen LogP contribution is 2.41. The summed E-state index contributed by atoms with van der Waals surface area (Å²) in [5, 5.41) is 12.5. The van der Waals surface area contributed by atoms with E-state index in [1.807, 2.05) is 43.3 Å². The van der Waals surface area contributed by atoms with E-state index in [-0.39, 0.29) is 17.5 Å². The van der Waals surface area contributed by atoms with Gasteiger partial charge in [0.15, 0.2) is 0 Å². The molecule has 1 heterocycles. The standard InChI is InChI=1S/C27H24FNO3/c1-2-29-26(31)14-5-18-3-6-20(7-4-18)27-23(19-8-11-22(30)12-9-19)15-16-32-25-17-21(28)10-13-24(25)27/h3-14,17,30H,2,15-16H2,1H3,(H,29,31)/b14-5+. The number of phenolic OH excluding ortho intramolecular Hbond substituents is 1. The molecule has 0 unspecified atom stereocenters. The maximum absolute atomic E-state index is 13.9. The van der Waals surface area contributed by atoms with Crippen molar-refractivity contribution in [2.24, 2.45) is 0 Å². The van der Waals surface area contributed by atoms with Crippen LogP contribution in [0.25, 0.3) is 17.2 Å². The predicted octanol–water partition coefficient (Wildman–Crippen LogP) is 5.42. The van der Waals surface area contributed by atoms with Crippen molar-refractivity contribution < 1.29 is 19.0 Å². The SMILES string of the molecule is CCNC(=O)/C=C/c1ccc(C2=C(c3ccc(O)cc3)CCOc3cc(F)ccc32)cc1. The summed E-state index contributed by atoms with van der Waals surface area (Å²) in [5.74, 6) is 0.230. The topological polar surface area (TPSA) is 58.6 Å². The van der Waals surface area contributed by atoms with Crippen molar-refractivity contribution in [1.29, 1.82) is 0 Å². The third-order valence-corrected chi connectivity index (χ3v) is 5.32. The maximum atomic E-state index is 13.9. The first kappa shape index (κ1) is 21.4. The van der Waals surface area contributed by atoms with E-state index >= 15 is 0 Å². The predicted molar refractivity (Wildman–Crippen MR) is 125 cm³/mol. The zero-order valence-electron chi connectivity index (χ0n) is 17.8. The largest absolute Gasteiger partial charge is 0.508 e. The molecule has 32 heavy (non-hydrogen) atoms. The van der Waals surface area contributed by atoms with Crippen LogP contribution in [-0.4, -0.2) is 24.2 Å². The first-order valence-electron chi connectivity index (χ1n) is 10.6. The van der Waals surface area contributed by atoms with Gasteiger partial charge in [-0.05, 0) is 65.1 Å². The monoisotopic (exact) mass is 429 g/mol. The molecule has 0 aliphatic carbocycles. The molecule has 3 aromatic rings. The molecule has 5 heteroatoms. The highest BCUT2D eigenvalue weighted by atomic mass is 19.1. The lowest BCUT2D eigenvalue weighted by molar-refractivity contribution is -0.116. The van der Waals surface area contributed by atoms with Gasteiger partial charge in [0.25, 0.3) is 0 Å². The van der Waals surface area contributed by atoms with E-state index in [2.05, 4.69) is 5.32 Å². The first-order chi connectivity index (χ1) is 15.5. The molecule has 4 rings (SSSR count). The van der Waals surface area contributed by atoms with Crippen LogP contribution in [0, 0.1) is 5.82 Å². The summed E-state index contributed by atoms with van der Waals surface area (Å²) in [6, 6.07) is 19.5. The van der Waals surface area contributed by atoms with Crippen LogP contribution in [0.1, 0.15) is 35.6 Å².